The molecule has 4 heterocycles. The van der Waals surface area contributed by atoms with Gasteiger partial charge in [0.15, 0.2) is 12.0 Å². The number of aryl methyl sites for hydroxylation is 1. The molecule has 0 bridgehead atoms. The molecule has 2 aliphatic heterocycles. The molecule has 0 radical (unpaired) electrons. The van der Waals surface area contributed by atoms with Crippen molar-refractivity contribution in [2.45, 2.75) is 89.8 Å². The summed E-state index contributed by atoms with van der Waals surface area (Å²) in [5.74, 6) is -0.221. The first-order valence-electron chi connectivity index (χ1n) is 15.2. The number of alkyl halides is 1. The maximum Gasteiger partial charge on any atom is 0.410 e. The zero-order valence-electron chi connectivity index (χ0n) is 26.1. The van der Waals surface area contributed by atoms with E-state index in [4.69, 9.17) is 9.47 Å². The fourth-order valence-electron chi connectivity index (χ4n) is 6.21. The Kier molecular flexibility index (Phi) is 7.59. The summed E-state index contributed by atoms with van der Waals surface area (Å²) in [4.78, 5) is 35.3. The summed E-state index contributed by atoms with van der Waals surface area (Å²) in [7, 11) is 1.41. The van der Waals surface area contributed by atoms with E-state index in [0.29, 0.717) is 16.8 Å². The molecule has 1 aliphatic carbocycles. The monoisotopic (exact) mass is 605 g/mol. The molecule has 44 heavy (non-hydrogen) atoms. The van der Waals surface area contributed by atoms with Gasteiger partial charge in [0.25, 0.3) is 5.91 Å². The third-order valence-electron chi connectivity index (χ3n) is 8.71. The highest BCUT2D eigenvalue weighted by Crippen LogP contribution is 2.41. The Bertz CT molecular complexity index is 1620. The Morgan fingerprint density at radius 2 is 1.82 bits per heavy atom. The first-order chi connectivity index (χ1) is 20.9. The smallest absolute Gasteiger partial charge is 0.410 e. The van der Waals surface area contributed by atoms with Gasteiger partial charge in [0.05, 0.1) is 23.2 Å². The molecular weight excluding hydrogens is 565 g/mol. The van der Waals surface area contributed by atoms with E-state index >= 15 is 4.39 Å². The lowest BCUT2D eigenvalue weighted by Crippen LogP contribution is -2.50. The molecule has 11 nitrogen and oxygen atoms in total. The molecule has 1 N–H and O–H groups in total. The van der Waals surface area contributed by atoms with E-state index in [9.17, 15) is 9.59 Å². The molecule has 234 valence electrons. The molecule has 2 aromatic heterocycles. The second-order valence-corrected chi connectivity index (χ2v) is 13.1. The van der Waals surface area contributed by atoms with E-state index in [1.165, 1.54) is 7.11 Å². The average molecular weight is 606 g/mol. The molecule has 2 atom stereocenters. The highest BCUT2D eigenvalue weighted by molar-refractivity contribution is 6.09. The van der Waals surface area contributed by atoms with Crippen molar-refractivity contribution in [2.24, 2.45) is 0 Å². The zero-order chi connectivity index (χ0) is 31.4. The summed E-state index contributed by atoms with van der Waals surface area (Å²) in [6, 6.07) is 5.88. The van der Waals surface area contributed by atoms with Crippen LogP contribution in [0.5, 0.6) is 0 Å². The number of ether oxygens (including phenoxy) is 2. The first kappa shape index (κ1) is 30.0. The van der Waals surface area contributed by atoms with Gasteiger partial charge in [0, 0.05) is 55.8 Å². The van der Waals surface area contributed by atoms with Crippen molar-refractivity contribution in [1.82, 2.24) is 30.0 Å². The van der Waals surface area contributed by atoms with Crippen LogP contribution in [-0.4, -0.2) is 80.1 Å². The molecule has 2 amide bonds. The SMILES string of the molecule is COC1(C)C(NC(=O)c2ccc(N3CCC(N(C(=O)OC(C)(C)C)C4CC4)CC3)c3ccnnc23)=Cn2cc(C)nc2C1F. The van der Waals surface area contributed by atoms with Crippen LogP contribution in [0.3, 0.4) is 0 Å². The number of halogens is 1. The molecule has 2 unspecified atom stereocenters. The number of hydrogen-bond donors (Lipinski definition) is 1. The summed E-state index contributed by atoms with van der Waals surface area (Å²) in [5, 5.41) is 12.1. The molecular formula is C32H40FN7O4. The van der Waals surface area contributed by atoms with Crippen molar-refractivity contribution < 1.29 is 23.5 Å². The topological polar surface area (TPSA) is 115 Å². The third-order valence-corrected chi connectivity index (χ3v) is 8.71. The lowest BCUT2D eigenvalue weighted by atomic mass is 9.92. The van der Waals surface area contributed by atoms with E-state index in [1.54, 1.807) is 43.1 Å². The lowest BCUT2D eigenvalue weighted by molar-refractivity contribution is -0.0387. The second kappa shape index (κ2) is 11.1. The number of hydrogen-bond acceptors (Lipinski definition) is 8. The summed E-state index contributed by atoms with van der Waals surface area (Å²) >= 11 is 0. The largest absolute Gasteiger partial charge is 0.444 e. The number of amides is 2. The Morgan fingerprint density at radius 3 is 2.48 bits per heavy atom. The van der Waals surface area contributed by atoms with Crippen molar-refractivity contribution in [2.75, 3.05) is 25.1 Å². The van der Waals surface area contributed by atoms with E-state index in [0.717, 1.165) is 49.8 Å². The number of imidazole rings is 1. The van der Waals surface area contributed by atoms with Gasteiger partial charge in [-0.15, -0.1) is 5.10 Å². The Labute approximate surface area is 256 Å². The average Bonchev–Trinajstić information content (AvgIpc) is 3.74. The van der Waals surface area contributed by atoms with Gasteiger partial charge in [-0.3, -0.25) is 4.79 Å². The molecule has 1 saturated carbocycles. The number of benzene rings is 1. The number of aromatic nitrogens is 4. The number of methoxy groups -OCH3 is 1. The molecule has 12 heteroatoms. The highest BCUT2D eigenvalue weighted by Gasteiger charge is 2.46. The minimum Gasteiger partial charge on any atom is -0.444 e. The molecule has 1 saturated heterocycles. The third kappa shape index (κ3) is 5.51. The van der Waals surface area contributed by atoms with E-state index in [-0.39, 0.29) is 29.7 Å². The summed E-state index contributed by atoms with van der Waals surface area (Å²) in [6.45, 7) is 10.5. The number of piperidine rings is 1. The predicted octanol–water partition coefficient (Wildman–Crippen LogP) is 5.16. The van der Waals surface area contributed by atoms with Crippen LogP contribution in [0.25, 0.3) is 17.1 Å². The number of nitrogens with one attached hydrogen (secondary N) is 1. The van der Waals surface area contributed by atoms with Crippen LogP contribution >= 0.6 is 0 Å². The first-order valence-corrected chi connectivity index (χ1v) is 15.2. The minimum atomic E-state index is -1.59. The maximum atomic E-state index is 15.6. The normalized spacial score (nSPS) is 22.4. The Hall–Kier alpha value is -4.06. The van der Waals surface area contributed by atoms with Crippen LogP contribution in [0.1, 0.15) is 81.4 Å². The minimum absolute atomic E-state index is 0.114. The molecule has 0 spiro atoms. The predicted molar refractivity (Wildman–Crippen MR) is 164 cm³/mol. The van der Waals surface area contributed by atoms with Gasteiger partial charge in [-0.1, -0.05) is 0 Å². The molecule has 3 aromatic rings. The summed E-state index contributed by atoms with van der Waals surface area (Å²) in [5.41, 5.74) is 0.670. The molecule has 3 aliphatic rings. The van der Waals surface area contributed by atoms with Gasteiger partial charge in [-0.05, 0) is 78.5 Å². The lowest BCUT2D eigenvalue weighted by Gasteiger charge is -2.40. The number of anilines is 1. The van der Waals surface area contributed by atoms with Crippen molar-refractivity contribution in [1.29, 1.82) is 0 Å². The van der Waals surface area contributed by atoms with Crippen LogP contribution in [-0.2, 0) is 9.47 Å². The van der Waals surface area contributed by atoms with Crippen LogP contribution < -0.4 is 10.2 Å². The standard InChI is InChI=1S/C32H40FN7O4/c1-19-17-39-18-25(32(5,43-6)27(33)28(39)35-19)36-29(41)23-9-10-24(22-11-14-34-37-26(22)23)38-15-12-21(13-16-38)40(20-7-8-20)30(42)44-31(2,3)4/h9-11,14,17-18,20-21,27H,7-8,12-13,15-16H2,1-6H3,(H,36,41). The number of rotatable bonds is 6. The van der Waals surface area contributed by atoms with Crippen LogP contribution in [0.2, 0.25) is 0 Å². The van der Waals surface area contributed by atoms with Crippen molar-refractivity contribution in [3.05, 3.63) is 53.4 Å². The van der Waals surface area contributed by atoms with Gasteiger partial charge in [0.1, 0.15) is 16.7 Å². The van der Waals surface area contributed by atoms with Gasteiger partial charge < -0.3 is 29.2 Å². The van der Waals surface area contributed by atoms with E-state index < -0.39 is 23.3 Å². The van der Waals surface area contributed by atoms with Gasteiger partial charge in [0.2, 0.25) is 0 Å². The number of carbonyl (C=O) groups is 2. The summed E-state index contributed by atoms with van der Waals surface area (Å²) < 4.78 is 28.6. The highest BCUT2D eigenvalue weighted by atomic mass is 19.1. The molecule has 6 rings (SSSR count). The van der Waals surface area contributed by atoms with Crippen molar-refractivity contribution in [3.63, 3.8) is 0 Å². The molecule has 2 fully saturated rings. The van der Waals surface area contributed by atoms with Gasteiger partial charge in [-0.2, -0.15) is 5.10 Å². The van der Waals surface area contributed by atoms with Gasteiger partial charge in [-0.25, -0.2) is 14.2 Å². The Morgan fingerprint density at radius 1 is 1.11 bits per heavy atom. The van der Waals surface area contributed by atoms with E-state index in [1.807, 2.05) is 37.8 Å². The fraction of sp³-hybridized carbons (Fsp3) is 0.531. The van der Waals surface area contributed by atoms with Crippen molar-refractivity contribution >= 4 is 34.8 Å². The van der Waals surface area contributed by atoms with Gasteiger partial charge >= 0.3 is 6.09 Å². The quantitative estimate of drug-likeness (QED) is 0.410. The van der Waals surface area contributed by atoms with Crippen molar-refractivity contribution in [3.8, 4) is 0 Å². The van der Waals surface area contributed by atoms with E-state index in [2.05, 4.69) is 25.4 Å². The number of fused-ring (bicyclic) bond motifs is 2. The number of carbonyl (C=O) groups excluding carboxylic acids is 2. The number of nitrogens with zero attached hydrogens (tertiary/aromatic N) is 6. The molecule has 1 aromatic carbocycles. The fourth-order valence-corrected chi connectivity index (χ4v) is 6.21. The maximum absolute atomic E-state index is 15.6. The second-order valence-electron chi connectivity index (χ2n) is 13.1. The Balaban J connectivity index is 1.22. The van der Waals surface area contributed by atoms with Crippen LogP contribution in [0, 0.1) is 6.92 Å². The zero-order valence-corrected chi connectivity index (χ0v) is 26.1. The van der Waals surface area contributed by atoms with Crippen LogP contribution in [0.15, 0.2) is 36.3 Å². The summed E-state index contributed by atoms with van der Waals surface area (Å²) in [6.07, 6.45) is 6.79. The van der Waals surface area contributed by atoms with Crippen LogP contribution in [0.4, 0.5) is 14.9 Å².